The van der Waals surface area contributed by atoms with Crippen LogP contribution in [0.2, 0.25) is 0 Å². The maximum absolute atomic E-state index is 9.05. The van der Waals surface area contributed by atoms with Crippen LogP contribution in [0.3, 0.4) is 0 Å². The first-order valence-corrected chi connectivity index (χ1v) is 6.50. The molecule has 0 amide bonds. The number of nitrogens with two attached hydrogens (primary N) is 1. The lowest BCUT2D eigenvalue weighted by Crippen LogP contribution is -2.29. The first-order valence-electron chi connectivity index (χ1n) is 6.50. The quantitative estimate of drug-likeness (QED) is 0.486. The normalized spacial score (nSPS) is 10.5. The summed E-state index contributed by atoms with van der Waals surface area (Å²) in [5, 5.41) is 25.3. The number of nitrogen functional groups attached to an aromatic ring is 1. The van der Waals surface area contributed by atoms with Crippen molar-refractivity contribution in [3.63, 3.8) is 0 Å². The van der Waals surface area contributed by atoms with Crippen LogP contribution in [0.4, 0.5) is 17.6 Å². The molecular formula is C13H13BN6O2. The van der Waals surface area contributed by atoms with Gasteiger partial charge >= 0.3 is 7.12 Å². The largest absolute Gasteiger partial charge is 0.488 e. The second-order valence-electron chi connectivity index (χ2n) is 4.51. The van der Waals surface area contributed by atoms with Crippen molar-refractivity contribution in [1.29, 1.82) is 0 Å². The van der Waals surface area contributed by atoms with E-state index in [1.54, 1.807) is 42.6 Å². The molecule has 0 unspecified atom stereocenters. The molecule has 9 heteroatoms. The van der Waals surface area contributed by atoms with E-state index >= 15 is 0 Å². The monoisotopic (exact) mass is 296 g/mol. The SMILES string of the molecule is Nc1nc(Nc2ccc(B(O)O)cc2)nn1-c1ccccn1. The number of hydrogen-bond acceptors (Lipinski definition) is 7. The summed E-state index contributed by atoms with van der Waals surface area (Å²) in [6.07, 6.45) is 1.64. The summed E-state index contributed by atoms with van der Waals surface area (Å²) in [4.78, 5) is 8.28. The van der Waals surface area contributed by atoms with Gasteiger partial charge in [-0.1, -0.05) is 18.2 Å². The van der Waals surface area contributed by atoms with E-state index in [0.29, 0.717) is 22.9 Å². The second kappa shape index (κ2) is 5.84. The molecule has 0 atom stereocenters. The van der Waals surface area contributed by atoms with Gasteiger partial charge in [0.15, 0.2) is 5.82 Å². The average Bonchev–Trinajstić information content (AvgIpc) is 2.89. The highest BCUT2D eigenvalue weighted by Crippen LogP contribution is 2.15. The fourth-order valence-corrected chi connectivity index (χ4v) is 1.89. The minimum absolute atomic E-state index is 0.212. The molecule has 8 nitrogen and oxygen atoms in total. The van der Waals surface area contributed by atoms with E-state index in [1.807, 2.05) is 6.07 Å². The number of nitrogens with zero attached hydrogens (tertiary/aromatic N) is 4. The van der Waals surface area contributed by atoms with Crippen LogP contribution in [-0.2, 0) is 0 Å². The first kappa shape index (κ1) is 14.0. The van der Waals surface area contributed by atoms with Gasteiger partial charge in [-0.25, -0.2) is 4.98 Å². The van der Waals surface area contributed by atoms with Gasteiger partial charge in [0.25, 0.3) is 0 Å². The molecule has 0 spiro atoms. The van der Waals surface area contributed by atoms with Crippen molar-refractivity contribution >= 4 is 30.2 Å². The molecule has 22 heavy (non-hydrogen) atoms. The lowest BCUT2D eigenvalue weighted by molar-refractivity contribution is 0.426. The third-order valence-corrected chi connectivity index (χ3v) is 2.96. The van der Waals surface area contributed by atoms with Gasteiger partial charge in [-0.2, -0.15) is 9.67 Å². The molecule has 0 fully saturated rings. The maximum Gasteiger partial charge on any atom is 0.488 e. The molecular weight excluding hydrogens is 283 g/mol. The molecule has 3 rings (SSSR count). The number of aromatic nitrogens is 4. The van der Waals surface area contributed by atoms with Gasteiger partial charge in [-0.3, -0.25) is 0 Å². The van der Waals surface area contributed by atoms with Crippen LogP contribution < -0.4 is 16.5 Å². The molecule has 5 N–H and O–H groups in total. The van der Waals surface area contributed by atoms with Crippen LogP contribution >= 0.6 is 0 Å². The lowest BCUT2D eigenvalue weighted by Gasteiger charge is -2.03. The fourth-order valence-electron chi connectivity index (χ4n) is 1.89. The van der Waals surface area contributed by atoms with E-state index in [9.17, 15) is 0 Å². The molecule has 0 saturated carbocycles. The molecule has 0 radical (unpaired) electrons. The average molecular weight is 296 g/mol. The minimum atomic E-state index is -1.49. The van der Waals surface area contributed by atoms with Crippen molar-refractivity contribution < 1.29 is 10.0 Å². The van der Waals surface area contributed by atoms with Crippen LogP contribution in [-0.4, -0.2) is 36.9 Å². The van der Waals surface area contributed by atoms with Crippen LogP contribution in [0.5, 0.6) is 0 Å². The van der Waals surface area contributed by atoms with Gasteiger partial charge in [-0.05, 0) is 29.7 Å². The summed E-state index contributed by atoms with van der Waals surface area (Å²) < 4.78 is 1.42. The Labute approximate surface area is 126 Å². The van der Waals surface area contributed by atoms with Crippen molar-refractivity contribution in [2.75, 3.05) is 11.1 Å². The standard InChI is InChI=1S/C13H13BN6O2/c15-12-18-13(19-20(12)11-3-1-2-8-16-11)17-10-6-4-9(5-7-10)14(21)22/h1-8,21-22H,(H3,15,17,18,19). The summed E-state index contributed by atoms with van der Waals surface area (Å²) in [7, 11) is -1.49. The number of nitrogens with one attached hydrogen (secondary N) is 1. The number of hydrogen-bond donors (Lipinski definition) is 4. The van der Waals surface area contributed by atoms with Crippen LogP contribution in [0.1, 0.15) is 0 Å². The Morgan fingerprint density at radius 1 is 1.09 bits per heavy atom. The van der Waals surface area contributed by atoms with Crippen molar-refractivity contribution in [3.05, 3.63) is 48.7 Å². The van der Waals surface area contributed by atoms with Crippen molar-refractivity contribution in [2.24, 2.45) is 0 Å². The van der Waals surface area contributed by atoms with E-state index < -0.39 is 7.12 Å². The lowest BCUT2D eigenvalue weighted by atomic mass is 9.80. The van der Waals surface area contributed by atoms with Crippen molar-refractivity contribution in [3.8, 4) is 5.82 Å². The zero-order valence-corrected chi connectivity index (χ0v) is 11.5. The molecule has 2 heterocycles. The second-order valence-corrected chi connectivity index (χ2v) is 4.51. The zero-order valence-electron chi connectivity index (χ0n) is 11.5. The molecule has 0 aliphatic rings. The first-order chi connectivity index (χ1) is 10.6. The van der Waals surface area contributed by atoms with Gasteiger partial charge < -0.3 is 21.1 Å². The molecule has 0 aliphatic heterocycles. The summed E-state index contributed by atoms with van der Waals surface area (Å²) in [5.41, 5.74) is 6.93. The van der Waals surface area contributed by atoms with Gasteiger partial charge in [-0.15, -0.1) is 5.10 Å². The Morgan fingerprint density at radius 3 is 2.50 bits per heavy atom. The predicted molar refractivity (Wildman–Crippen MR) is 83.1 cm³/mol. The summed E-state index contributed by atoms with van der Waals surface area (Å²) in [6, 6.07) is 12.0. The fraction of sp³-hybridized carbons (Fsp3) is 0. The number of anilines is 3. The highest BCUT2D eigenvalue weighted by Gasteiger charge is 2.12. The van der Waals surface area contributed by atoms with Crippen LogP contribution in [0.15, 0.2) is 48.7 Å². The topological polar surface area (TPSA) is 122 Å². The van der Waals surface area contributed by atoms with E-state index in [1.165, 1.54) is 4.68 Å². The molecule has 1 aromatic carbocycles. The third kappa shape index (κ3) is 2.90. The molecule has 0 aliphatic carbocycles. The Hall–Kier alpha value is -2.91. The summed E-state index contributed by atoms with van der Waals surface area (Å²) >= 11 is 0. The Balaban J connectivity index is 1.82. The number of pyridine rings is 1. The third-order valence-electron chi connectivity index (χ3n) is 2.96. The Bertz CT molecular complexity index is 760. The van der Waals surface area contributed by atoms with Crippen LogP contribution in [0.25, 0.3) is 5.82 Å². The molecule has 0 bridgehead atoms. The molecule has 2 aromatic heterocycles. The van der Waals surface area contributed by atoms with Crippen molar-refractivity contribution in [1.82, 2.24) is 19.7 Å². The highest BCUT2D eigenvalue weighted by atomic mass is 16.4. The van der Waals surface area contributed by atoms with Gasteiger partial charge in [0.2, 0.25) is 11.9 Å². The van der Waals surface area contributed by atoms with E-state index in [0.717, 1.165) is 0 Å². The Morgan fingerprint density at radius 2 is 1.86 bits per heavy atom. The minimum Gasteiger partial charge on any atom is -0.423 e. The van der Waals surface area contributed by atoms with Gasteiger partial charge in [0.1, 0.15) is 0 Å². The van der Waals surface area contributed by atoms with Gasteiger partial charge in [0.05, 0.1) is 0 Å². The number of rotatable bonds is 4. The van der Waals surface area contributed by atoms with Gasteiger partial charge in [0, 0.05) is 11.9 Å². The van der Waals surface area contributed by atoms with Crippen LogP contribution in [0, 0.1) is 0 Å². The molecule has 110 valence electrons. The maximum atomic E-state index is 9.05. The number of benzene rings is 1. The zero-order chi connectivity index (χ0) is 15.5. The van der Waals surface area contributed by atoms with Crippen molar-refractivity contribution in [2.45, 2.75) is 0 Å². The predicted octanol–water partition coefficient (Wildman–Crippen LogP) is -0.332. The Kier molecular flexibility index (Phi) is 3.73. The smallest absolute Gasteiger partial charge is 0.423 e. The molecule has 0 saturated heterocycles. The molecule has 3 aromatic rings. The highest BCUT2D eigenvalue weighted by molar-refractivity contribution is 6.58. The summed E-state index contributed by atoms with van der Waals surface area (Å²) in [5.74, 6) is 1.10. The van der Waals surface area contributed by atoms with E-state index in [-0.39, 0.29) is 5.95 Å². The van der Waals surface area contributed by atoms with E-state index in [4.69, 9.17) is 15.8 Å². The van der Waals surface area contributed by atoms with E-state index in [2.05, 4.69) is 20.4 Å². The summed E-state index contributed by atoms with van der Waals surface area (Å²) in [6.45, 7) is 0.